The number of nitrogens with one attached hydrogen (secondary N) is 2. The Morgan fingerprint density at radius 2 is 2.08 bits per heavy atom. The van der Waals surface area contributed by atoms with Crippen LogP contribution in [-0.4, -0.2) is 25.4 Å². The van der Waals surface area contributed by atoms with E-state index < -0.39 is 0 Å². The number of nitrogens with zero attached hydrogens (tertiary/aromatic N) is 3. The number of aromatic amines is 2. The number of H-pyrrole nitrogens is 2. The summed E-state index contributed by atoms with van der Waals surface area (Å²) in [5, 5.41) is 13.8. The van der Waals surface area contributed by atoms with Crippen molar-refractivity contribution in [2.75, 3.05) is 0 Å². The first-order chi connectivity index (χ1) is 6.24. The number of aryl methyl sites for hydroxylation is 2. The molecule has 0 aliphatic carbocycles. The quantitative estimate of drug-likeness (QED) is 0.710. The Morgan fingerprint density at radius 3 is 2.62 bits per heavy atom. The van der Waals surface area contributed by atoms with E-state index in [0.717, 1.165) is 23.0 Å². The molecule has 2 N–H and O–H groups in total. The van der Waals surface area contributed by atoms with Gasteiger partial charge in [0.15, 0.2) is 5.82 Å². The first-order valence-corrected chi connectivity index (χ1v) is 4.13. The average molecular weight is 177 g/mol. The van der Waals surface area contributed by atoms with Crippen LogP contribution >= 0.6 is 0 Å². The molecule has 0 atom stereocenters. The van der Waals surface area contributed by atoms with Gasteiger partial charge in [-0.25, -0.2) is 4.98 Å². The van der Waals surface area contributed by atoms with Crippen LogP contribution in [0.3, 0.4) is 0 Å². The first-order valence-electron chi connectivity index (χ1n) is 4.13. The lowest BCUT2D eigenvalue weighted by Gasteiger charge is -1.86. The molecule has 0 aliphatic heterocycles. The third-order valence-corrected chi connectivity index (χ3v) is 1.74. The van der Waals surface area contributed by atoms with E-state index in [1.165, 1.54) is 0 Å². The molecule has 2 heterocycles. The maximum Gasteiger partial charge on any atom is 0.156 e. The van der Waals surface area contributed by atoms with Gasteiger partial charge in [0, 0.05) is 5.69 Å². The van der Waals surface area contributed by atoms with Crippen molar-refractivity contribution in [2.45, 2.75) is 20.3 Å². The predicted molar refractivity (Wildman–Crippen MR) is 47.3 cm³/mol. The summed E-state index contributed by atoms with van der Waals surface area (Å²) in [6.45, 7) is 3.85. The second-order valence-electron chi connectivity index (χ2n) is 3.06. The van der Waals surface area contributed by atoms with Crippen molar-refractivity contribution >= 4 is 0 Å². The second kappa shape index (κ2) is 3.01. The largest absolute Gasteiger partial charge is 0.283 e. The van der Waals surface area contributed by atoms with Crippen LogP contribution in [0.15, 0.2) is 6.07 Å². The third kappa shape index (κ3) is 1.74. The van der Waals surface area contributed by atoms with Crippen molar-refractivity contribution in [3.63, 3.8) is 0 Å². The van der Waals surface area contributed by atoms with Crippen LogP contribution in [0.1, 0.15) is 23.0 Å². The van der Waals surface area contributed by atoms with E-state index in [1.807, 2.05) is 19.9 Å². The minimum absolute atomic E-state index is 0.675. The molecule has 0 aliphatic rings. The molecule has 5 nitrogen and oxygen atoms in total. The zero-order valence-corrected chi connectivity index (χ0v) is 7.63. The number of hydrogen-bond acceptors (Lipinski definition) is 3. The summed E-state index contributed by atoms with van der Waals surface area (Å²) in [5.41, 5.74) is 2.03. The SMILES string of the molecule is Cc1cc(Cc2n[nH]c(C)n2)n[nH]1. The summed E-state index contributed by atoms with van der Waals surface area (Å²) >= 11 is 0. The van der Waals surface area contributed by atoms with E-state index in [-0.39, 0.29) is 0 Å². The highest BCUT2D eigenvalue weighted by molar-refractivity contribution is 5.11. The maximum atomic E-state index is 4.19. The number of rotatable bonds is 2. The van der Waals surface area contributed by atoms with Crippen molar-refractivity contribution in [3.8, 4) is 0 Å². The van der Waals surface area contributed by atoms with E-state index in [1.54, 1.807) is 0 Å². The molecule has 0 saturated carbocycles. The average Bonchev–Trinajstić information content (AvgIpc) is 2.62. The van der Waals surface area contributed by atoms with Crippen molar-refractivity contribution in [3.05, 3.63) is 29.1 Å². The lowest BCUT2D eigenvalue weighted by Crippen LogP contribution is -1.91. The summed E-state index contributed by atoms with van der Waals surface area (Å²) in [6, 6.07) is 1.99. The molecule has 68 valence electrons. The standard InChI is InChI=1S/C8H11N5/c1-5-3-7(12-10-5)4-8-9-6(2)11-13-8/h3H,4H2,1-2H3,(H,10,12)(H,9,11,13). The van der Waals surface area contributed by atoms with Crippen LogP contribution in [0.4, 0.5) is 0 Å². The zero-order valence-electron chi connectivity index (χ0n) is 7.63. The molecule has 2 rings (SSSR count). The molecule has 0 unspecified atom stereocenters. The van der Waals surface area contributed by atoms with Gasteiger partial charge < -0.3 is 0 Å². The highest BCUT2D eigenvalue weighted by atomic mass is 15.2. The smallest absolute Gasteiger partial charge is 0.156 e. The molecule has 0 aromatic carbocycles. The van der Waals surface area contributed by atoms with Gasteiger partial charge in [-0.2, -0.15) is 10.2 Å². The van der Waals surface area contributed by atoms with Crippen LogP contribution in [0, 0.1) is 13.8 Å². The van der Waals surface area contributed by atoms with Gasteiger partial charge >= 0.3 is 0 Å². The second-order valence-corrected chi connectivity index (χ2v) is 3.06. The lowest BCUT2D eigenvalue weighted by molar-refractivity contribution is 0.918. The highest BCUT2D eigenvalue weighted by Gasteiger charge is 2.03. The molecule has 2 aromatic heterocycles. The Hall–Kier alpha value is -1.65. The molecular formula is C8H11N5. The Bertz CT molecular complexity index is 362. The van der Waals surface area contributed by atoms with Crippen LogP contribution in [0.2, 0.25) is 0 Å². The molecule has 5 heteroatoms. The van der Waals surface area contributed by atoms with E-state index in [0.29, 0.717) is 6.42 Å². The number of hydrogen-bond donors (Lipinski definition) is 2. The van der Waals surface area contributed by atoms with E-state index in [9.17, 15) is 0 Å². The molecule has 0 bridgehead atoms. The molecule has 0 amide bonds. The van der Waals surface area contributed by atoms with E-state index in [4.69, 9.17) is 0 Å². The Labute approximate surface area is 75.6 Å². The topological polar surface area (TPSA) is 70.2 Å². The van der Waals surface area contributed by atoms with Crippen LogP contribution in [0.5, 0.6) is 0 Å². The summed E-state index contributed by atoms with van der Waals surface area (Å²) in [5.74, 6) is 1.62. The Kier molecular flexibility index (Phi) is 1.84. The monoisotopic (exact) mass is 177 g/mol. The fraction of sp³-hybridized carbons (Fsp3) is 0.375. The minimum atomic E-state index is 0.675. The Morgan fingerprint density at radius 1 is 1.23 bits per heavy atom. The van der Waals surface area contributed by atoms with Crippen LogP contribution in [-0.2, 0) is 6.42 Å². The molecule has 2 aromatic rings. The molecule has 0 saturated heterocycles. The summed E-state index contributed by atoms with van der Waals surface area (Å²) in [7, 11) is 0. The number of aromatic nitrogens is 5. The molecule has 13 heavy (non-hydrogen) atoms. The minimum Gasteiger partial charge on any atom is -0.283 e. The zero-order chi connectivity index (χ0) is 9.26. The molecule has 0 radical (unpaired) electrons. The van der Waals surface area contributed by atoms with Gasteiger partial charge in [0.25, 0.3) is 0 Å². The predicted octanol–water partition coefficient (Wildman–Crippen LogP) is 0.735. The molecular weight excluding hydrogens is 166 g/mol. The van der Waals surface area contributed by atoms with Crippen molar-refractivity contribution in [2.24, 2.45) is 0 Å². The van der Waals surface area contributed by atoms with Gasteiger partial charge in [-0.15, -0.1) is 0 Å². The van der Waals surface area contributed by atoms with Crippen molar-refractivity contribution < 1.29 is 0 Å². The summed E-state index contributed by atoms with van der Waals surface area (Å²) < 4.78 is 0. The van der Waals surface area contributed by atoms with Crippen LogP contribution in [0.25, 0.3) is 0 Å². The first kappa shape index (κ1) is 7.97. The van der Waals surface area contributed by atoms with Crippen LogP contribution < -0.4 is 0 Å². The lowest BCUT2D eigenvalue weighted by atomic mass is 10.3. The van der Waals surface area contributed by atoms with Gasteiger partial charge in [-0.05, 0) is 19.9 Å². The fourth-order valence-electron chi connectivity index (χ4n) is 1.20. The van der Waals surface area contributed by atoms with E-state index >= 15 is 0 Å². The summed E-state index contributed by atoms with van der Waals surface area (Å²) in [6.07, 6.45) is 0.675. The third-order valence-electron chi connectivity index (χ3n) is 1.74. The van der Waals surface area contributed by atoms with Crippen molar-refractivity contribution in [1.29, 1.82) is 0 Å². The van der Waals surface area contributed by atoms with Gasteiger partial charge in [-0.1, -0.05) is 0 Å². The van der Waals surface area contributed by atoms with E-state index in [2.05, 4.69) is 25.4 Å². The Balaban J connectivity index is 2.14. The van der Waals surface area contributed by atoms with Gasteiger partial charge in [0.05, 0.1) is 12.1 Å². The highest BCUT2D eigenvalue weighted by Crippen LogP contribution is 2.03. The van der Waals surface area contributed by atoms with Crippen molar-refractivity contribution in [1.82, 2.24) is 25.4 Å². The van der Waals surface area contributed by atoms with Gasteiger partial charge in [0.2, 0.25) is 0 Å². The van der Waals surface area contributed by atoms with Gasteiger partial charge in [-0.3, -0.25) is 10.2 Å². The summed E-state index contributed by atoms with van der Waals surface area (Å²) in [4.78, 5) is 4.19. The fourth-order valence-corrected chi connectivity index (χ4v) is 1.20. The normalized spacial score (nSPS) is 10.6. The van der Waals surface area contributed by atoms with Gasteiger partial charge in [0.1, 0.15) is 5.82 Å². The molecule has 0 fully saturated rings. The molecule has 0 spiro atoms. The maximum absolute atomic E-state index is 4.19.